The molecule has 3 heteroatoms. The van der Waals surface area contributed by atoms with Crippen molar-refractivity contribution in [3.05, 3.63) is 42.0 Å². The number of likely N-dealkylation sites (N-methyl/N-ethyl adjacent to an activating group) is 1. The molecule has 0 fully saturated rings. The molecule has 0 aliphatic rings. The second-order valence-electron chi connectivity index (χ2n) is 3.28. The molecule has 80 valence electrons. The summed E-state index contributed by atoms with van der Waals surface area (Å²) in [5.41, 5.74) is 1.60. The van der Waals surface area contributed by atoms with Crippen molar-refractivity contribution in [2.45, 2.75) is 0 Å². The molecule has 1 rings (SSSR count). The maximum atomic E-state index is 11.7. The molecule has 0 bridgehead atoms. The number of nitrogens with zero attached hydrogens (tertiary/aromatic N) is 1. The summed E-state index contributed by atoms with van der Waals surface area (Å²) in [6, 6.07) is 7.19. The third-order valence-electron chi connectivity index (χ3n) is 2.18. The average molecular weight is 205 g/mol. The van der Waals surface area contributed by atoms with Crippen LogP contribution in [0.5, 0.6) is 0 Å². The van der Waals surface area contributed by atoms with Gasteiger partial charge in [0.2, 0.25) is 0 Å². The molecular weight excluding hydrogens is 190 g/mol. The van der Waals surface area contributed by atoms with E-state index in [0.29, 0.717) is 12.1 Å². The molecule has 1 amide bonds. The van der Waals surface area contributed by atoms with Crippen molar-refractivity contribution in [3.63, 3.8) is 0 Å². The Morgan fingerprint density at radius 2 is 2.07 bits per heavy atom. The zero-order valence-corrected chi connectivity index (χ0v) is 8.81. The van der Waals surface area contributed by atoms with Gasteiger partial charge in [0.05, 0.1) is 6.61 Å². The number of benzene rings is 1. The Labute approximate surface area is 89.6 Å². The number of aliphatic hydroxyl groups excluding tert-OH is 1. The number of hydrogen-bond donors (Lipinski definition) is 1. The molecule has 0 saturated carbocycles. The molecular formula is C12H15NO2. The van der Waals surface area contributed by atoms with E-state index >= 15 is 0 Å². The molecule has 1 aromatic rings. The lowest BCUT2D eigenvalue weighted by Crippen LogP contribution is -2.29. The summed E-state index contributed by atoms with van der Waals surface area (Å²) in [6.45, 7) is 3.97. The summed E-state index contributed by atoms with van der Waals surface area (Å²) in [5, 5.41) is 8.71. The van der Waals surface area contributed by atoms with Crippen LogP contribution in [0.15, 0.2) is 30.8 Å². The van der Waals surface area contributed by atoms with Crippen molar-refractivity contribution in [1.82, 2.24) is 4.90 Å². The lowest BCUT2D eigenvalue weighted by molar-refractivity contribution is 0.0767. The van der Waals surface area contributed by atoms with Gasteiger partial charge in [0.25, 0.3) is 5.91 Å². The van der Waals surface area contributed by atoms with Crippen molar-refractivity contribution < 1.29 is 9.90 Å². The third-order valence-corrected chi connectivity index (χ3v) is 2.18. The van der Waals surface area contributed by atoms with Gasteiger partial charge in [-0.3, -0.25) is 4.79 Å². The van der Waals surface area contributed by atoms with Gasteiger partial charge in [-0.1, -0.05) is 24.8 Å². The molecule has 1 aromatic carbocycles. The van der Waals surface area contributed by atoms with Gasteiger partial charge < -0.3 is 10.0 Å². The van der Waals surface area contributed by atoms with Crippen LogP contribution in [0.4, 0.5) is 0 Å². The number of rotatable bonds is 4. The molecule has 0 atom stereocenters. The van der Waals surface area contributed by atoms with E-state index in [9.17, 15) is 4.79 Å². The van der Waals surface area contributed by atoms with Gasteiger partial charge in [-0.05, 0) is 17.7 Å². The van der Waals surface area contributed by atoms with Crippen molar-refractivity contribution in [2.75, 3.05) is 20.2 Å². The van der Waals surface area contributed by atoms with E-state index in [1.54, 1.807) is 25.3 Å². The molecule has 3 nitrogen and oxygen atoms in total. The molecule has 0 aromatic heterocycles. The zero-order valence-electron chi connectivity index (χ0n) is 8.81. The minimum atomic E-state index is -0.0836. The zero-order chi connectivity index (χ0) is 11.3. The average Bonchev–Trinajstić information content (AvgIpc) is 2.28. The van der Waals surface area contributed by atoms with Crippen molar-refractivity contribution >= 4 is 12.0 Å². The van der Waals surface area contributed by atoms with Gasteiger partial charge in [0.1, 0.15) is 0 Å². The van der Waals surface area contributed by atoms with Crippen LogP contribution in [0, 0.1) is 0 Å². The van der Waals surface area contributed by atoms with Crippen LogP contribution in [0.2, 0.25) is 0 Å². The largest absolute Gasteiger partial charge is 0.395 e. The predicted octanol–water partition coefficient (Wildman–Crippen LogP) is 1.39. The minimum absolute atomic E-state index is 0.0209. The molecule has 0 unspecified atom stereocenters. The van der Waals surface area contributed by atoms with E-state index in [0.717, 1.165) is 5.56 Å². The van der Waals surface area contributed by atoms with E-state index in [-0.39, 0.29) is 12.5 Å². The summed E-state index contributed by atoms with van der Waals surface area (Å²) in [7, 11) is 1.67. The maximum Gasteiger partial charge on any atom is 0.253 e. The standard InChI is InChI=1S/C12H15NO2/c1-3-10-4-6-11(7-5-10)12(15)13(2)8-9-14/h3-7,14H,1,8-9H2,2H3. The predicted molar refractivity (Wildman–Crippen MR) is 60.6 cm³/mol. The summed E-state index contributed by atoms with van der Waals surface area (Å²) >= 11 is 0. The Morgan fingerprint density at radius 3 is 2.53 bits per heavy atom. The third kappa shape index (κ3) is 2.92. The fourth-order valence-electron chi connectivity index (χ4n) is 1.23. The van der Waals surface area contributed by atoms with Crippen molar-refractivity contribution in [1.29, 1.82) is 0 Å². The molecule has 0 heterocycles. The van der Waals surface area contributed by atoms with Gasteiger partial charge in [0.15, 0.2) is 0 Å². The second kappa shape index (κ2) is 5.32. The fraction of sp³-hybridized carbons (Fsp3) is 0.250. The normalized spacial score (nSPS) is 9.73. The lowest BCUT2D eigenvalue weighted by Gasteiger charge is -2.15. The minimum Gasteiger partial charge on any atom is -0.395 e. The molecule has 0 aliphatic heterocycles. The highest BCUT2D eigenvalue weighted by Crippen LogP contribution is 2.07. The number of hydrogen-bond acceptors (Lipinski definition) is 2. The van der Waals surface area contributed by atoms with Crippen LogP contribution in [0.1, 0.15) is 15.9 Å². The number of carbonyl (C=O) groups is 1. The van der Waals surface area contributed by atoms with Crippen LogP contribution in [-0.2, 0) is 0 Å². The molecule has 0 radical (unpaired) electrons. The van der Waals surface area contributed by atoms with Crippen LogP contribution in [0.3, 0.4) is 0 Å². The Bertz CT molecular complexity index is 343. The van der Waals surface area contributed by atoms with Crippen molar-refractivity contribution in [2.24, 2.45) is 0 Å². The smallest absolute Gasteiger partial charge is 0.253 e. The maximum absolute atomic E-state index is 11.7. The first-order valence-corrected chi connectivity index (χ1v) is 4.78. The first-order valence-electron chi connectivity index (χ1n) is 4.78. The topological polar surface area (TPSA) is 40.5 Å². The van der Waals surface area contributed by atoms with E-state index in [2.05, 4.69) is 6.58 Å². The number of aliphatic hydroxyl groups is 1. The van der Waals surface area contributed by atoms with Gasteiger partial charge >= 0.3 is 0 Å². The van der Waals surface area contributed by atoms with E-state index in [4.69, 9.17) is 5.11 Å². The summed E-state index contributed by atoms with van der Waals surface area (Å²) in [5.74, 6) is -0.0836. The van der Waals surface area contributed by atoms with Gasteiger partial charge in [-0.2, -0.15) is 0 Å². The monoisotopic (exact) mass is 205 g/mol. The first-order chi connectivity index (χ1) is 7.19. The molecule has 15 heavy (non-hydrogen) atoms. The van der Waals surface area contributed by atoms with E-state index in [1.165, 1.54) is 4.90 Å². The second-order valence-corrected chi connectivity index (χ2v) is 3.28. The number of carbonyl (C=O) groups excluding carboxylic acids is 1. The first kappa shape index (κ1) is 11.5. The van der Waals surface area contributed by atoms with Crippen molar-refractivity contribution in [3.8, 4) is 0 Å². The Kier molecular flexibility index (Phi) is 4.06. The van der Waals surface area contributed by atoms with E-state index < -0.39 is 0 Å². The number of amides is 1. The fourth-order valence-corrected chi connectivity index (χ4v) is 1.23. The SMILES string of the molecule is C=Cc1ccc(C(=O)N(C)CCO)cc1. The van der Waals surface area contributed by atoms with Crippen LogP contribution in [0.25, 0.3) is 6.08 Å². The lowest BCUT2D eigenvalue weighted by atomic mass is 10.1. The Balaban J connectivity index is 2.78. The van der Waals surface area contributed by atoms with E-state index in [1.807, 2.05) is 12.1 Å². The van der Waals surface area contributed by atoms with Crippen LogP contribution in [-0.4, -0.2) is 36.1 Å². The summed E-state index contributed by atoms with van der Waals surface area (Å²) < 4.78 is 0. The van der Waals surface area contributed by atoms with Crippen LogP contribution >= 0.6 is 0 Å². The summed E-state index contributed by atoms with van der Waals surface area (Å²) in [4.78, 5) is 13.2. The molecule has 1 N–H and O–H groups in total. The molecule has 0 aliphatic carbocycles. The summed E-state index contributed by atoms with van der Waals surface area (Å²) in [6.07, 6.45) is 1.73. The molecule has 0 saturated heterocycles. The molecule has 0 spiro atoms. The van der Waals surface area contributed by atoms with Crippen LogP contribution < -0.4 is 0 Å². The highest BCUT2D eigenvalue weighted by atomic mass is 16.3. The Hall–Kier alpha value is -1.61. The quantitative estimate of drug-likeness (QED) is 0.807. The van der Waals surface area contributed by atoms with Gasteiger partial charge in [0, 0.05) is 19.2 Å². The van der Waals surface area contributed by atoms with Gasteiger partial charge in [-0.15, -0.1) is 0 Å². The Morgan fingerprint density at radius 1 is 1.47 bits per heavy atom. The van der Waals surface area contributed by atoms with Gasteiger partial charge in [-0.25, -0.2) is 0 Å². The highest BCUT2D eigenvalue weighted by Gasteiger charge is 2.09. The highest BCUT2D eigenvalue weighted by molar-refractivity contribution is 5.94.